The highest BCUT2D eigenvalue weighted by Gasteiger charge is 2.33. The fourth-order valence-electron chi connectivity index (χ4n) is 2.35. The monoisotopic (exact) mass is 445 g/mol. The van der Waals surface area contributed by atoms with E-state index in [1.807, 2.05) is 0 Å². The molecule has 0 aliphatic heterocycles. The maximum Gasteiger partial charge on any atom is 0.396 e. The number of carbonyl (C=O) groups excluding carboxylic acids is 1. The summed E-state index contributed by atoms with van der Waals surface area (Å²) in [7, 11) is -4.26. The molecule has 0 fully saturated rings. The SMILES string of the molecule is CC(C)C(=O)N(c1ccc2oc(=O)sc2c1)S(=O)(=O)c1ccc(Cl)c(Cl)c1. The number of hydrogen-bond donors (Lipinski definition) is 0. The molecule has 0 bridgehead atoms. The first kappa shape index (κ1) is 19.9. The van der Waals surface area contributed by atoms with E-state index >= 15 is 0 Å². The lowest BCUT2D eigenvalue weighted by Crippen LogP contribution is -2.39. The number of anilines is 1. The van der Waals surface area contributed by atoms with Crippen LogP contribution in [0.1, 0.15) is 13.8 Å². The molecular formula is C17H13Cl2NO5S2. The maximum absolute atomic E-state index is 13.2. The quantitative estimate of drug-likeness (QED) is 0.588. The molecule has 10 heteroatoms. The molecule has 1 aromatic heterocycles. The number of sulfonamides is 1. The van der Waals surface area contributed by atoms with Gasteiger partial charge in [-0.25, -0.2) is 17.5 Å². The molecule has 0 aliphatic rings. The summed E-state index contributed by atoms with van der Waals surface area (Å²) in [5.41, 5.74) is 0.418. The predicted molar refractivity (Wildman–Crippen MR) is 106 cm³/mol. The number of halogens is 2. The van der Waals surface area contributed by atoms with Crippen LogP contribution in [0.25, 0.3) is 10.3 Å². The van der Waals surface area contributed by atoms with Crippen LogP contribution in [0.15, 0.2) is 50.5 Å². The number of amides is 1. The van der Waals surface area contributed by atoms with E-state index in [4.69, 9.17) is 27.6 Å². The van der Waals surface area contributed by atoms with Crippen molar-refractivity contribution in [2.24, 2.45) is 5.92 Å². The zero-order valence-corrected chi connectivity index (χ0v) is 17.2. The molecule has 0 aliphatic carbocycles. The van der Waals surface area contributed by atoms with Crippen LogP contribution in [0.4, 0.5) is 5.69 Å². The second-order valence-electron chi connectivity index (χ2n) is 5.92. The minimum Gasteiger partial charge on any atom is -0.414 e. The Balaban J connectivity index is 2.21. The normalized spacial score (nSPS) is 11.9. The van der Waals surface area contributed by atoms with Crippen LogP contribution in [0, 0.1) is 5.92 Å². The smallest absolute Gasteiger partial charge is 0.396 e. The topological polar surface area (TPSA) is 84.7 Å². The Kier molecular flexibility index (Phi) is 5.36. The molecule has 0 N–H and O–H groups in total. The minimum absolute atomic E-state index is 0.0539. The van der Waals surface area contributed by atoms with Gasteiger partial charge in [0.2, 0.25) is 5.91 Å². The first-order valence-corrected chi connectivity index (χ1v) is 10.7. The Morgan fingerprint density at radius 2 is 1.81 bits per heavy atom. The largest absolute Gasteiger partial charge is 0.414 e. The van der Waals surface area contributed by atoms with E-state index in [0.717, 1.165) is 11.3 Å². The Bertz CT molecular complexity index is 1200. The van der Waals surface area contributed by atoms with Crippen molar-refractivity contribution in [1.29, 1.82) is 0 Å². The van der Waals surface area contributed by atoms with Gasteiger partial charge < -0.3 is 4.42 Å². The summed E-state index contributed by atoms with van der Waals surface area (Å²) in [6.07, 6.45) is 0. The first-order valence-electron chi connectivity index (χ1n) is 7.69. The van der Waals surface area contributed by atoms with Crippen LogP contribution >= 0.6 is 34.5 Å². The highest BCUT2D eigenvalue weighted by molar-refractivity contribution is 7.93. The highest BCUT2D eigenvalue weighted by Crippen LogP contribution is 2.32. The summed E-state index contributed by atoms with van der Waals surface area (Å²) >= 11 is 12.6. The lowest BCUT2D eigenvalue weighted by Gasteiger charge is -2.24. The van der Waals surface area contributed by atoms with Gasteiger partial charge in [-0.15, -0.1) is 0 Å². The van der Waals surface area contributed by atoms with Gasteiger partial charge in [0, 0.05) is 5.92 Å². The van der Waals surface area contributed by atoms with Gasteiger partial charge in [-0.05, 0) is 36.4 Å². The van der Waals surface area contributed by atoms with Gasteiger partial charge in [-0.1, -0.05) is 48.4 Å². The van der Waals surface area contributed by atoms with Crippen LogP contribution in [-0.2, 0) is 14.8 Å². The molecule has 0 saturated heterocycles. The van der Waals surface area contributed by atoms with Crippen LogP contribution < -0.4 is 9.24 Å². The molecule has 3 rings (SSSR count). The van der Waals surface area contributed by atoms with Crippen molar-refractivity contribution in [3.05, 3.63) is 56.2 Å². The summed E-state index contributed by atoms with van der Waals surface area (Å²) in [6, 6.07) is 8.11. The van der Waals surface area contributed by atoms with Gasteiger partial charge in [0.1, 0.15) is 5.58 Å². The maximum atomic E-state index is 13.2. The summed E-state index contributed by atoms with van der Waals surface area (Å²) in [6.45, 7) is 3.18. The standard InChI is InChI=1S/C17H13Cl2NO5S2/c1-9(2)16(21)20(10-3-6-14-15(7-10)26-17(22)25-14)27(23,24)11-4-5-12(18)13(19)8-11/h3-9H,1-2H3. The molecule has 0 spiro atoms. The summed E-state index contributed by atoms with van der Waals surface area (Å²) in [5.74, 6) is -1.22. The molecule has 0 atom stereocenters. The van der Waals surface area contributed by atoms with Crippen molar-refractivity contribution in [1.82, 2.24) is 0 Å². The second kappa shape index (κ2) is 7.27. The van der Waals surface area contributed by atoms with E-state index in [0.29, 0.717) is 14.6 Å². The fraction of sp³-hybridized carbons (Fsp3) is 0.176. The second-order valence-corrected chi connectivity index (χ2v) is 9.50. The zero-order valence-electron chi connectivity index (χ0n) is 14.1. The van der Waals surface area contributed by atoms with Gasteiger partial charge in [-0.2, -0.15) is 0 Å². The number of carbonyl (C=O) groups is 1. The number of hydrogen-bond acceptors (Lipinski definition) is 6. The van der Waals surface area contributed by atoms with Crippen LogP contribution in [0.5, 0.6) is 0 Å². The van der Waals surface area contributed by atoms with Gasteiger partial charge in [0.25, 0.3) is 10.0 Å². The first-order chi connectivity index (χ1) is 12.6. The van der Waals surface area contributed by atoms with Crippen LogP contribution in [-0.4, -0.2) is 14.3 Å². The summed E-state index contributed by atoms with van der Waals surface area (Å²) in [4.78, 5) is 23.5. The van der Waals surface area contributed by atoms with Crippen molar-refractivity contribution in [2.75, 3.05) is 4.31 Å². The summed E-state index contributed by atoms with van der Waals surface area (Å²) in [5, 5.41) is 0.250. The van der Waals surface area contributed by atoms with Crippen molar-refractivity contribution in [3.8, 4) is 0 Å². The van der Waals surface area contributed by atoms with Crippen molar-refractivity contribution >= 4 is 66.4 Å². The number of nitrogens with zero attached hydrogens (tertiary/aromatic N) is 1. The van der Waals surface area contributed by atoms with E-state index in [1.165, 1.54) is 36.4 Å². The molecule has 0 radical (unpaired) electrons. The molecule has 0 unspecified atom stereocenters. The van der Waals surface area contributed by atoms with E-state index in [9.17, 15) is 18.0 Å². The van der Waals surface area contributed by atoms with Crippen LogP contribution in [0.2, 0.25) is 10.0 Å². The molecule has 3 aromatic rings. The Labute approximate surface area is 169 Å². The van der Waals surface area contributed by atoms with Crippen molar-refractivity contribution in [3.63, 3.8) is 0 Å². The Hall–Kier alpha value is -1.87. The van der Waals surface area contributed by atoms with Crippen molar-refractivity contribution < 1.29 is 17.6 Å². The predicted octanol–water partition coefficient (Wildman–Crippen LogP) is 4.54. The Morgan fingerprint density at radius 3 is 2.44 bits per heavy atom. The van der Waals surface area contributed by atoms with Crippen molar-refractivity contribution in [2.45, 2.75) is 18.7 Å². The summed E-state index contributed by atoms with van der Waals surface area (Å²) < 4.78 is 32.5. The average Bonchev–Trinajstić information content (AvgIpc) is 2.96. The average molecular weight is 446 g/mol. The Morgan fingerprint density at radius 1 is 1.11 bits per heavy atom. The molecule has 1 amide bonds. The zero-order chi connectivity index (χ0) is 19.9. The van der Waals surface area contributed by atoms with E-state index in [2.05, 4.69) is 0 Å². The lowest BCUT2D eigenvalue weighted by atomic mass is 10.2. The number of benzene rings is 2. The van der Waals surface area contributed by atoms with Gasteiger partial charge in [0.15, 0.2) is 0 Å². The third-order valence-corrected chi connectivity index (χ3v) is 6.92. The third-order valence-electron chi connectivity index (χ3n) is 3.67. The number of fused-ring (bicyclic) bond motifs is 1. The van der Waals surface area contributed by atoms with Crippen LogP contribution in [0.3, 0.4) is 0 Å². The van der Waals surface area contributed by atoms with Gasteiger partial charge in [0.05, 0.1) is 25.3 Å². The lowest BCUT2D eigenvalue weighted by molar-refractivity contribution is -0.120. The third kappa shape index (κ3) is 3.75. The van der Waals surface area contributed by atoms with Gasteiger partial charge in [-0.3, -0.25) is 4.79 Å². The molecule has 2 aromatic carbocycles. The molecule has 6 nitrogen and oxygen atoms in total. The number of rotatable bonds is 4. The van der Waals surface area contributed by atoms with E-state index in [1.54, 1.807) is 13.8 Å². The highest BCUT2D eigenvalue weighted by atomic mass is 35.5. The van der Waals surface area contributed by atoms with E-state index in [-0.39, 0.29) is 20.6 Å². The molecule has 1 heterocycles. The minimum atomic E-state index is -4.26. The molecule has 0 saturated carbocycles. The molecule has 142 valence electrons. The van der Waals surface area contributed by atoms with Gasteiger partial charge >= 0.3 is 4.94 Å². The molecule has 27 heavy (non-hydrogen) atoms. The molecular weight excluding hydrogens is 433 g/mol. The fourth-order valence-corrected chi connectivity index (χ4v) is 4.97. The van der Waals surface area contributed by atoms with E-state index < -0.39 is 26.8 Å².